The van der Waals surface area contributed by atoms with E-state index >= 15 is 0 Å². The first-order valence-electron chi connectivity index (χ1n) is 9.77. The van der Waals surface area contributed by atoms with Gasteiger partial charge in [0.15, 0.2) is 0 Å². The van der Waals surface area contributed by atoms with E-state index in [-0.39, 0.29) is 5.56 Å². The van der Waals surface area contributed by atoms with Gasteiger partial charge >= 0.3 is 12.1 Å². The summed E-state index contributed by atoms with van der Waals surface area (Å²) in [7, 11) is 1.28. The Balaban J connectivity index is 2.19. The van der Waals surface area contributed by atoms with Crippen LogP contribution in [0.5, 0.6) is 5.75 Å². The number of carbonyl (C=O) groups excluding carboxylic acids is 1. The van der Waals surface area contributed by atoms with E-state index in [0.717, 1.165) is 36.0 Å². The minimum atomic E-state index is -0.944. The zero-order chi connectivity index (χ0) is 20.4. The standard InChI is InChI=1S/C23H28O5/c1-3-4-5-6-7-8-9-19-16-20(28-23(26)27-2)14-15-21(19)17-10-12-18(13-11-17)22(24)25/h10-16H,3-9H2,1-2H3,(H,24,25). The summed E-state index contributed by atoms with van der Waals surface area (Å²) in [5, 5.41) is 9.09. The van der Waals surface area contributed by atoms with E-state index in [4.69, 9.17) is 9.84 Å². The molecule has 0 heterocycles. The molecule has 150 valence electrons. The highest BCUT2D eigenvalue weighted by Crippen LogP contribution is 2.29. The van der Waals surface area contributed by atoms with E-state index in [0.29, 0.717) is 5.75 Å². The Morgan fingerprint density at radius 3 is 2.25 bits per heavy atom. The third-order valence-electron chi connectivity index (χ3n) is 4.69. The van der Waals surface area contributed by atoms with Crippen molar-refractivity contribution in [2.45, 2.75) is 51.9 Å². The fourth-order valence-corrected chi connectivity index (χ4v) is 3.15. The van der Waals surface area contributed by atoms with Crippen LogP contribution in [0.15, 0.2) is 42.5 Å². The molecule has 0 fully saturated rings. The minimum absolute atomic E-state index is 0.256. The van der Waals surface area contributed by atoms with Gasteiger partial charge in [0.1, 0.15) is 5.75 Å². The number of ether oxygens (including phenoxy) is 2. The monoisotopic (exact) mass is 384 g/mol. The minimum Gasteiger partial charge on any atom is -0.478 e. The Labute approximate surface area is 166 Å². The average Bonchev–Trinajstić information content (AvgIpc) is 2.70. The molecule has 0 aliphatic rings. The Morgan fingerprint density at radius 1 is 0.929 bits per heavy atom. The van der Waals surface area contributed by atoms with Crippen LogP contribution < -0.4 is 4.74 Å². The Hall–Kier alpha value is -2.82. The molecule has 0 saturated heterocycles. The second-order valence-electron chi connectivity index (χ2n) is 6.78. The van der Waals surface area contributed by atoms with Crippen LogP contribution in [0.1, 0.15) is 61.4 Å². The summed E-state index contributed by atoms with van der Waals surface area (Å²) in [6, 6.07) is 12.3. The Morgan fingerprint density at radius 2 is 1.61 bits per heavy atom. The number of hydrogen-bond acceptors (Lipinski definition) is 4. The van der Waals surface area contributed by atoms with Crippen LogP contribution in [0.4, 0.5) is 4.79 Å². The van der Waals surface area contributed by atoms with Gasteiger partial charge < -0.3 is 14.6 Å². The number of carbonyl (C=O) groups is 2. The van der Waals surface area contributed by atoms with Crippen molar-refractivity contribution >= 4 is 12.1 Å². The van der Waals surface area contributed by atoms with E-state index in [9.17, 15) is 9.59 Å². The van der Waals surface area contributed by atoms with E-state index in [1.165, 1.54) is 32.8 Å². The molecule has 0 bridgehead atoms. The van der Waals surface area contributed by atoms with Crippen LogP contribution in [0.2, 0.25) is 0 Å². The molecular formula is C23H28O5. The van der Waals surface area contributed by atoms with Crippen molar-refractivity contribution in [1.29, 1.82) is 0 Å². The molecule has 0 unspecified atom stereocenters. The molecule has 1 N–H and O–H groups in total. The first-order valence-corrected chi connectivity index (χ1v) is 9.77. The zero-order valence-corrected chi connectivity index (χ0v) is 16.6. The first kappa shape index (κ1) is 21.5. The molecule has 28 heavy (non-hydrogen) atoms. The normalized spacial score (nSPS) is 10.5. The number of rotatable bonds is 10. The van der Waals surface area contributed by atoms with Gasteiger partial charge in [0, 0.05) is 0 Å². The van der Waals surface area contributed by atoms with Crippen molar-refractivity contribution in [1.82, 2.24) is 0 Å². The summed E-state index contributed by atoms with van der Waals surface area (Å²) in [5.74, 6) is -0.501. The number of carboxylic acid groups (broad SMARTS) is 1. The molecule has 0 saturated carbocycles. The van der Waals surface area contributed by atoms with Gasteiger partial charge in [-0.05, 0) is 53.8 Å². The first-order chi connectivity index (χ1) is 13.5. The van der Waals surface area contributed by atoms with Gasteiger partial charge in [0.25, 0.3) is 0 Å². The zero-order valence-electron chi connectivity index (χ0n) is 16.6. The van der Waals surface area contributed by atoms with Crippen molar-refractivity contribution in [2.24, 2.45) is 0 Å². The van der Waals surface area contributed by atoms with Crippen LogP contribution in [-0.4, -0.2) is 24.3 Å². The summed E-state index contributed by atoms with van der Waals surface area (Å²) >= 11 is 0. The molecule has 0 spiro atoms. The number of methoxy groups -OCH3 is 1. The summed E-state index contributed by atoms with van der Waals surface area (Å²) < 4.78 is 9.73. The summed E-state index contributed by atoms with van der Waals surface area (Å²) in [6.07, 6.45) is 7.28. The molecule has 2 aromatic carbocycles. The smallest absolute Gasteiger partial charge is 0.478 e. The number of hydrogen-bond donors (Lipinski definition) is 1. The van der Waals surface area contributed by atoms with Gasteiger partial charge in [-0.2, -0.15) is 0 Å². The molecule has 0 aliphatic heterocycles. The third kappa shape index (κ3) is 6.41. The number of aromatic carboxylic acids is 1. The maximum atomic E-state index is 11.4. The van der Waals surface area contributed by atoms with Gasteiger partial charge in [-0.3, -0.25) is 0 Å². The van der Waals surface area contributed by atoms with Gasteiger partial charge in [-0.15, -0.1) is 0 Å². The molecule has 0 aromatic heterocycles. The number of benzene rings is 2. The molecule has 0 aliphatic carbocycles. The van der Waals surface area contributed by atoms with Gasteiger partial charge in [-0.1, -0.05) is 57.2 Å². The fourth-order valence-electron chi connectivity index (χ4n) is 3.15. The van der Waals surface area contributed by atoms with Crippen LogP contribution in [0, 0.1) is 0 Å². The maximum absolute atomic E-state index is 11.4. The molecule has 5 heteroatoms. The SMILES string of the molecule is CCCCCCCCc1cc(OC(=O)OC)ccc1-c1ccc(C(=O)O)cc1. The summed E-state index contributed by atoms with van der Waals surface area (Å²) in [4.78, 5) is 22.5. The highest BCUT2D eigenvalue weighted by Gasteiger charge is 2.11. The predicted molar refractivity (Wildman–Crippen MR) is 109 cm³/mol. The predicted octanol–water partition coefficient (Wildman–Crippen LogP) is 6.10. The lowest BCUT2D eigenvalue weighted by Crippen LogP contribution is -2.07. The highest BCUT2D eigenvalue weighted by atomic mass is 16.7. The van der Waals surface area contributed by atoms with E-state index in [1.54, 1.807) is 18.2 Å². The Bertz CT molecular complexity index is 780. The van der Waals surface area contributed by atoms with Crippen molar-refractivity contribution < 1.29 is 24.2 Å². The lowest BCUT2D eigenvalue weighted by Gasteiger charge is -2.13. The van der Waals surface area contributed by atoms with E-state index in [1.807, 2.05) is 24.3 Å². The third-order valence-corrected chi connectivity index (χ3v) is 4.69. The molecule has 0 radical (unpaired) electrons. The number of unbranched alkanes of at least 4 members (excludes halogenated alkanes) is 5. The van der Waals surface area contributed by atoms with Crippen LogP contribution in [-0.2, 0) is 11.2 Å². The van der Waals surface area contributed by atoms with Gasteiger partial charge in [-0.25, -0.2) is 9.59 Å². The lowest BCUT2D eigenvalue weighted by molar-refractivity contribution is 0.0696. The molecule has 2 aromatic rings. The quantitative estimate of drug-likeness (QED) is 0.304. The highest BCUT2D eigenvalue weighted by molar-refractivity contribution is 5.88. The molecule has 2 rings (SSSR count). The Kier molecular flexibility index (Phi) is 8.53. The molecular weight excluding hydrogens is 356 g/mol. The number of carboxylic acids is 1. The van der Waals surface area contributed by atoms with E-state index < -0.39 is 12.1 Å². The topological polar surface area (TPSA) is 72.8 Å². The largest absolute Gasteiger partial charge is 0.513 e. The second kappa shape index (κ2) is 11.1. The van der Waals surface area contributed by atoms with Crippen molar-refractivity contribution in [3.63, 3.8) is 0 Å². The van der Waals surface area contributed by atoms with Crippen LogP contribution in [0.25, 0.3) is 11.1 Å². The molecule has 0 amide bonds. The molecule has 5 nitrogen and oxygen atoms in total. The van der Waals surface area contributed by atoms with E-state index in [2.05, 4.69) is 11.7 Å². The lowest BCUT2D eigenvalue weighted by atomic mass is 9.94. The molecule has 0 atom stereocenters. The fraction of sp³-hybridized carbons (Fsp3) is 0.391. The van der Waals surface area contributed by atoms with Crippen molar-refractivity contribution in [3.8, 4) is 16.9 Å². The van der Waals surface area contributed by atoms with Crippen molar-refractivity contribution in [2.75, 3.05) is 7.11 Å². The average molecular weight is 384 g/mol. The summed E-state index contributed by atoms with van der Waals surface area (Å²) in [5.41, 5.74) is 3.28. The number of aryl methyl sites for hydroxylation is 1. The second-order valence-corrected chi connectivity index (χ2v) is 6.78. The van der Waals surface area contributed by atoms with Crippen LogP contribution in [0.3, 0.4) is 0 Å². The maximum Gasteiger partial charge on any atom is 0.513 e. The van der Waals surface area contributed by atoms with Gasteiger partial charge in [0.2, 0.25) is 0 Å². The van der Waals surface area contributed by atoms with Crippen LogP contribution >= 0.6 is 0 Å². The van der Waals surface area contributed by atoms with Crippen molar-refractivity contribution in [3.05, 3.63) is 53.6 Å². The summed E-state index contributed by atoms with van der Waals surface area (Å²) in [6.45, 7) is 2.20. The van der Waals surface area contributed by atoms with Gasteiger partial charge in [0.05, 0.1) is 12.7 Å².